The van der Waals surface area contributed by atoms with E-state index >= 15 is 0 Å². The highest BCUT2D eigenvalue weighted by molar-refractivity contribution is 7.12. The number of halogens is 1. The van der Waals surface area contributed by atoms with Gasteiger partial charge in [0.05, 0.1) is 11.4 Å². The fourth-order valence-electron chi connectivity index (χ4n) is 2.60. The van der Waals surface area contributed by atoms with Crippen LogP contribution in [0.4, 0.5) is 15.8 Å². The molecule has 0 radical (unpaired) electrons. The van der Waals surface area contributed by atoms with Gasteiger partial charge in [-0.25, -0.2) is 4.39 Å². The Kier molecular flexibility index (Phi) is 6.36. The maximum Gasteiger partial charge on any atom is 0.265 e. The average Bonchev–Trinajstić information content (AvgIpc) is 3.22. The number of carbonyl (C=O) groups is 3. The van der Waals surface area contributed by atoms with Gasteiger partial charge in [-0.2, -0.15) is 0 Å². The van der Waals surface area contributed by atoms with E-state index < -0.39 is 11.7 Å². The van der Waals surface area contributed by atoms with Crippen LogP contribution >= 0.6 is 11.3 Å². The molecule has 3 rings (SSSR count). The second-order valence-electron chi connectivity index (χ2n) is 6.23. The van der Waals surface area contributed by atoms with Crippen LogP contribution in [0.25, 0.3) is 0 Å². The molecule has 2 N–H and O–H groups in total. The summed E-state index contributed by atoms with van der Waals surface area (Å²) < 4.78 is 13.2. The molecule has 0 unspecified atom stereocenters. The SMILES string of the molecule is CN(CC(=O)Nc1cccc(F)c1)C(=O)c1cccc(NC(=O)c2cccs2)c1. The second kappa shape index (κ2) is 9.11. The van der Waals surface area contributed by atoms with Crippen LogP contribution in [-0.4, -0.2) is 36.2 Å². The number of nitrogens with one attached hydrogen (secondary N) is 2. The van der Waals surface area contributed by atoms with Crippen LogP contribution in [0.1, 0.15) is 20.0 Å². The van der Waals surface area contributed by atoms with Crippen molar-refractivity contribution < 1.29 is 18.8 Å². The Morgan fingerprint density at radius 1 is 0.966 bits per heavy atom. The molecular weight excluding hydrogens is 393 g/mol. The molecule has 3 aromatic rings. The van der Waals surface area contributed by atoms with Crippen molar-refractivity contribution in [1.29, 1.82) is 0 Å². The van der Waals surface area contributed by atoms with Gasteiger partial charge in [-0.15, -0.1) is 11.3 Å². The lowest BCUT2D eigenvalue weighted by Crippen LogP contribution is -2.35. The molecule has 0 bridgehead atoms. The summed E-state index contributed by atoms with van der Waals surface area (Å²) in [6.45, 7) is -0.207. The molecular formula is C21H18FN3O3S. The monoisotopic (exact) mass is 411 g/mol. The molecule has 8 heteroatoms. The van der Waals surface area contributed by atoms with Crippen LogP contribution in [0.15, 0.2) is 66.0 Å². The minimum absolute atomic E-state index is 0.207. The number of likely N-dealkylation sites (N-methyl/N-ethyl adjacent to an activating group) is 1. The third-order valence-corrected chi connectivity index (χ3v) is 4.82. The third-order valence-electron chi connectivity index (χ3n) is 3.95. The number of rotatable bonds is 6. The van der Waals surface area contributed by atoms with E-state index in [2.05, 4.69) is 10.6 Å². The van der Waals surface area contributed by atoms with Gasteiger partial charge in [-0.1, -0.05) is 18.2 Å². The largest absolute Gasteiger partial charge is 0.332 e. The Morgan fingerprint density at radius 2 is 1.69 bits per heavy atom. The van der Waals surface area contributed by atoms with Gasteiger partial charge in [-0.05, 0) is 47.8 Å². The average molecular weight is 411 g/mol. The molecule has 1 aromatic heterocycles. The highest BCUT2D eigenvalue weighted by Gasteiger charge is 2.16. The van der Waals surface area contributed by atoms with E-state index in [0.717, 1.165) is 0 Å². The molecule has 6 nitrogen and oxygen atoms in total. The summed E-state index contributed by atoms with van der Waals surface area (Å²) in [5.74, 6) is -1.55. The molecule has 0 aliphatic rings. The lowest BCUT2D eigenvalue weighted by atomic mass is 10.1. The van der Waals surface area contributed by atoms with Gasteiger partial charge in [0, 0.05) is 24.0 Å². The first kappa shape index (κ1) is 20.2. The number of hydrogen-bond donors (Lipinski definition) is 2. The first-order chi connectivity index (χ1) is 13.9. The summed E-state index contributed by atoms with van der Waals surface area (Å²) in [7, 11) is 1.49. The highest BCUT2D eigenvalue weighted by Crippen LogP contribution is 2.16. The van der Waals surface area contributed by atoms with E-state index in [1.54, 1.807) is 47.8 Å². The molecule has 0 atom stereocenters. The van der Waals surface area contributed by atoms with Crippen LogP contribution in [-0.2, 0) is 4.79 Å². The molecule has 3 amide bonds. The Bertz CT molecular complexity index is 1040. The van der Waals surface area contributed by atoms with Crippen LogP contribution < -0.4 is 10.6 Å². The summed E-state index contributed by atoms with van der Waals surface area (Å²) in [5.41, 5.74) is 1.12. The van der Waals surface area contributed by atoms with E-state index in [1.807, 2.05) is 0 Å². The Hall–Kier alpha value is -3.52. The Balaban J connectivity index is 1.61. The zero-order valence-corrected chi connectivity index (χ0v) is 16.3. The number of thiophene rings is 1. The van der Waals surface area contributed by atoms with Crippen molar-refractivity contribution in [2.75, 3.05) is 24.2 Å². The van der Waals surface area contributed by atoms with Gasteiger partial charge in [0.2, 0.25) is 5.91 Å². The summed E-state index contributed by atoms with van der Waals surface area (Å²) in [6.07, 6.45) is 0. The zero-order chi connectivity index (χ0) is 20.8. The van der Waals surface area contributed by atoms with Gasteiger partial charge >= 0.3 is 0 Å². The fraction of sp³-hybridized carbons (Fsp3) is 0.0952. The molecule has 29 heavy (non-hydrogen) atoms. The number of benzene rings is 2. The molecule has 0 aliphatic carbocycles. The van der Waals surface area contributed by atoms with Crippen molar-refractivity contribution >= 4 is 40.4 Å². The standard InChI is InChI=1S/C21H18FN3O3S/c1-25(13-19(26)23-17-8-3-6-15(22)12-17)21(28)14-5-2-7-16(11-14)24-20(27)18-9-4-10-29-18/h2-12H,13H2,1H3,(H,23,26)(H,24,27). The number of hydrogen-bond acceptors (Lipinski definition) is 4. The van der Waals surface area contributed by atoms with Crippen molar-refractivity contribution in [3.63, 3.8) is 0 Å². The number of anilines is 2. The van der Waals surface area contributed by atoms with E-state index in [0.29, 0.717) is 21.8 Å². The van der Waals surface area contributed by atoms with Gasteiger partial charge in [0.25, 0.3) is 11.8 Å². The van der Waals surface area contributed by atoms with E-state index in [-0.39, 0.29) is 18.4 Å². The van der Waals surface area contributed by atoms with Crippen molar-refractivity contribution in [2.24, 2.45) is 0 Å². The smallest absolute Gasteiger partial charge is 0.265 e. The first-order valence-electron chi connectivity index (χ1n) is 8.68. The van der Waals surface area contributed by atoms with Crippen LogP contribution in [0.3, 0.4) is 0 Å². The lowest BCUT2D eigenvalue weighted by Gasteiger charge is -2.17. The second-order valence-corrected chi connectivity index (χ2v) is 7.18. The Morgan fingerprint density at radius 3 is 2.38 bits per heavy atom. The lowest BCUT2D eigenvalue weighted by molar-refractivity contribution is -0.116. The topological polar surface area (TPSA) is 78.5 Å². The molecule has 1 heterocycles. The maximum atomic E-state index is 13.2. The third kappa shape index (κ3) is 5.49. The van der Waals surface area contributed by atoms with Crippen molar-refractivity contribution in [3.05, 3.63) is 82.3 Å². The quantitative estimate of drug-likeness (QED) is 0.647. The predicted octanol–water partition coefficient (Wildman–Crippen LogP) is 3.85. The highest BCUT2D eigenvalue weighted by atomic mass is 32.1. The minimum Gasteiger partial charge on any atom is -0.332 e. The van der Waals surface area contributed by atoms with Crippen LogP contribution in [0.2, 0.25) is 0 Å². The summed E-state index contributed by atoms with van der Waals surface area (Å²) in [5, 5.41) is 7.09. The Labute approximate surface area is 171 Å². The van der Waals surface area contributed by atoms with E-state index in [4.69, 9.17) is 0 Å². The normalized spacial score (nSPS) is 10.3. The summed E-state index contributed by atoms with van der Waals surface area (Å²) >= 11 is 1.32. The molecule has 0 fully saturated rings. The number of amides is 3. The minimum atomic E-state index is -0.464. The van der Waals surface area contributed by atoms with Gasteiger partial charge in [0.1, 0.15) is 5.82 Å². The first-order valence-corrected chi connectivity index (χ1v) is 9.56. The van der Waals surface area contributed by atoms with Crippen molar-refractivity contribution in [3.8, 4) is 0 Å². The molecule has 0 saturated heterocycles. The van der Waals surface area contributed by atoms with Crippen molar-refractivity contribution in [1.82, 2.24) is 4.90 Å². The van der Waals surface area contributed by atoms with Crippen LogP contribution in [0, 0.1) is 5.82 Å². The summed E-state index contributed by atoms with van der Waals surface area (Å²) in [4.78, 5) is 38.7. The number of nitrogens with zero attached hydrogens (tertiary/aromatic N) is 1. The van der Waals surface area contributed by atoms with Gasteiger partial charge < -0.3 is 15.5 Å². The van der Waals surface area contributed by atoms with Crippen molar-refractivity contribution in [2.45, 2.75) is 0 Å². The predicted molar refractivity (Wildman–Crippen MR) is 111 cm³/mol. The molecule has 0 aliphatic heterocycles. The van der Waals surface area contributed by atoms with E-state index in [9.17, 15) is 18.8 Å². The van der Waals surface area contributed by atoms with Gasteiger partial charge in [0.15, 0.2) is 0 Å². The maximum absolute atomic E-state index is 13.2. The van der Waals surface area contributed by atoms with Crippen LogP contribution in [0.5, 0.6) is 0 Å². The molecule has 0 saturated carbocycles. The van der Waals surface area contributed by atoms with Gasteiger partial charge in [-0.3, -0.25) is 14.4 Å². The molecule has 2 aromatic carbocycles. The van der Waals surface area contributed by atoms with E-state index in [1.165, 1.54) is 41.5 Å². The summed E-state index contributed by atoms with van der Waals surface area (Å²) in [6, 6.07) is 15.5. The molecule has 0 spiro atoms. The number of carbonyl (C=O) groups excluding carboxylic acids is 3. The molecule has 148 valence electrons. The fourth-order valence-corrected chi connectivity index (χ4v) is 3.22. The zero-order valence-electron chi connectivity index (χ0n) is 15.5.